The highest BCUT2D eigenvalue weighted by Gasteiger charge is 2.41. The van der Waals surface area contributed by atoms with Crippen LogP contribution in [-0.4, -0.2) is 49.9 Å². The van der Waals surface area contributed by atoms with E-state index in [0.29, 0.717) is 0 Å². The third-order valence-electron chi connectivity index (χ3n) is 4.81. The van der Waals surface area contributed by atoms with Crippen LogP contribution in [0.25, 0.3) is 0 Å². The summed E-state index contributed by atoms with van der Waals surface area (Å²) in [6.07, 6.45) is 2.14. The monoisotopic (exact) mass is 316 g/mol. The van der Waals surface area contributed by atoms with Crippen LogP contribution < -0.4 is 15.8 Å². The van der Waals surface area contributed by atoms with Crippen molar-refractivity contribution in [1.82, 2.24) is 15.8 Å². The van der Waals surface area contributed by atoms with E-state index in [0.717, 1.165) is 37.2 Å². The Balaban J connectivity index is 1.84. The molecule has 2 N–H and O–H groups in total. The summed E-state index contributed by atoms with van der Waals surface area (Å²) in [5, 5.41) is 0. The third kappa shape index (κ3) is 3.09. The van der Waals surface area contributed by atoms with E-state index in [1.165, 1.54) is 0 Å². The maximum atomic E-state index is 13.0. The van der Waals surface area contributed by atoms with Gasteiger partial charge in [0.2, 0.25) is 11.8 Å². The molecule has 1 saturated heterocycles. The first-order valence-corrected chi connectivity index (χ1v) is 8.18. The zero-order valence-electron chi connectivity index (χ0n) is 13.7. The summed E-state index contributed by atoms with van der Waals surface area (Å²) < 4.78 is 0. The number of nitrogens with zero attached hydrogens (tertiary/aromatic N) is 2. The second-order valence-electron chi connectivity index (χ2n) is 6.36. The summed E-state index contributed by atoms with van der Waals surface area (Å²) >= 11 is 0. The maximum absolute atomic E-state index is 13.0. The van der Waals surface area contributed by atoms with Gasteiger partial charge in [-0.2, -0.15) is 0 Å². The van der Waals surface area contributed by atoms with E-state index in [1.807, 2.05) is 29.2 Å². The number of hydrazine groups is 1. The van der Waals surface area contributed by atoms with Gasteiger partial charge in [0.25, 0.3) is 0 Å². The van der Waals surface area contributed by atoms with Crippen LogP contribution in [0.5, 0.6) is 0 Å². The Morgan fingerprint density at radius 2 is 1.96 bits per heavy atom. The molecule has 2 heterocycles. The van der Waals surface area contributed by atoms with Crippen molar-refractivity contribution in [2.45, 2.75) is 31.2 Å². The van der Waals surface area contributed by atoms with Crippen LogP contribution in [0.1, 0.15) is 30.7 Å². The molecule has 1 aromatic carbocycles. The van der Waals surface area contributed by atoms with Gasteiger partial charge >= 0.3 is 0 Å². The van der Waals surface area contributed by atoms with Crippen molar-refractivity contribution in [2.75, 3.05) is 32.1 Å². The van der Waals surface area contributed by atoms with Gasteiger partial charge in [0.05, 0.1) is 5.92 Å². The Hall–Kier alpha value is -1.92. The number of para-hydroxylation sites is 1. The number of likely N-dealkylation sites (tertiary alicyclic amines) is 1. The largest absolute Gasteiger partial charge is 0.308 e. The van der Waals surface area contributed by atoms with E-state index in [4.69, 9.17) is 0 Å². The van der Waals surface area contributed by atoms with Crippen molar-refractivity contribution >= 4 is 17.5 Å². The number of amides is 2. The lowest BCUT2D eigenvalue weighted by Crippen LogP contribution is -2.46. The minimum Gasteiger partial charge on any atom is -0.308 e. The Kier molecular flexibility index (Phi) is 4.63. The normalized spacial score (nSPS) is 22.3. The molecule has 3 rings (SSSR count). The van der Waals surface area contributed by atoms with E-state index in [1.54, 1.807) is 7.05 Å². The number of carbonyl (C=O) groups is 2. The molecule has 23 heavy (non-hydrogen) atoms. The van der Waals surface area contributed by atoms with Crippen molar-refractivity contribution < 1.29 is 9.59 Å². The number of rotatable bonds is 4. The minimum absolute atomic E-state index is 0.0620. The molecule has 2 aliphatic rings. The molecule has 1 aromatic rings. The summed E-state index contributed by atoms with van der Waals surface area (Å²) in [6, 6.07) is 8.11. The van der Waals surface area contributed by atoms with E-state index in [2.05, 4.69) is 22.8 Å². The van der Waals surface area contributed by atoms with Crippen molar-refractivity contribution in [3.8, 4) is 0 Å². The predicted octanol–water partition coefficient (Wildman–Crippen LogP) is 0.852. The number of carbonyl (C=O) groups excluding carboxylic acids is 2. The molecule has 0 spiro atoms. The van der Waals surface area contributed by atoms with E-state index in [9.17, 15) is 9.59 Å². The van der Waals surface area contributed by atoms with Gasteiger partial charge in [-0.05, 0) is 44.6 Å². The van der Waals surface area contributed by atoms with Crippen molar-refractivity contribution in [1.29, 1.82) is 0 Å². The smallest absolute Gasteiger partial charge is 0.235 e. The van der Waals surface area contributed by atoms with Gasteiger partial charge in [-0.25, -0.2) is 5.43 Å². The van der Waals surface area contributed by atoms with Crippen LogP contribution in [0.15, 0.2) is 24.3 Å². The Labute approximate surface area is 136 Å². The van der Waals surface area contributed by atoms with Crippen molar-refractivity contribution in [3.63, 3.8) is 0 Å². The summed E-state index contributed by atoms with van der Waals surface area (Å²) in [5.41, 5.74) is 7.14. The molecule has 0 aliphatic carbocycles. The number of anilines is 1. The lowest BCUT2D eigenvalue weighted by atomic mass is 9.97. The van der Waals surface area contributed by atoms with Crippen LogP contribution in [0.4, 0.5) is 5.69 Å². The molecule has 0 aromatic heterocycles. The summed E-state index contributed by atoms with van der Waals surface area (Å²) in [5.74, 6) is -0.475. The first-order valence-electron chi connectivity index (χ1n) is 8.18. The first-order chi connectivity index (χ1) is 11.1. The summed E-state index contributed by atoms with van der Waals surface area (Å²) in [6.45, 7) is 2.00. The highest BCUT2D eigenvalue weighted by atomic mass is 16.2. The topological polar surface area (TPSA) is 64.7 Å². The number of hydrogen-bond acceptors (Lipinski definition) is 4. The second kappa shape index (κ2) is 6.68. The second-order valence-corrected chi connectivity index (χ2v) is 6.36. The third-order valence-corrected chi connectivity index (χ3v) is 4.81. The van der Waals surface area contributed by atoms with Gasteiger partial charge in [-0.15, -0.1) is 0 Å². The number of hydrogen-bond donors (Lipinski definition) is 2. The van der Waals surface area contributed by atoms with E-state index >= 15 is 0 Å². The molecule has 6 nitrogen and oxygen atoms in total. The zero-order chi connectivity index (χ0) is 16.4. The highest BCUT2D eigenvalue weighted by Crippen LogP contribution is 2.41. The lowest BCUT2D eigenvalue weighted by molar-refractivity contribution is -0.126. The number of fused-ring (bicyclic) bond motifs is 1. The average Bonchev–Trinajstić information content (AvgIpc) is 2.81. The standard InChI is InChI=1S/C17H24N4O2/c1-18-19-16(22)11-14-13-5-3-4-6-15(13)21(17(14)23)12-7-9-20(2)10-8-12/h3-6,12,14,18H,7-11H2,1-2H3,(H,19,22). The number of piperidine rings is 1. The molecular weight excluding hydrogens is 292 g/mol. The van der Waals surface area contributed by atoms with Gasteiger partial charge in [-0.3, -0.25) is 15.0 Å². The van der Waals surface area contributed by atoms with Crippen LogP contribution in [-0.2, 0) is 9.59 Å². The summed E-state index contributed by atoms with van der Waals surface area (Å²) in [7, 11) is 3.76. The van der Waals surface area contributed by atoms with Crippen molar-refractivity contribution in [2.24, 2.45) is 0 Å². The molecule has 2 amide bonds. The van der Waals surface area contributed by atoms with Crippen LogP contribution in [0.2, 0.25) is 0 Å². The zero-order valence-corrected chi connectivity index (χ0v) is 13.7. The predicted molar refractivity (Wildman–Crippen MR) is 89.0 cm³/mol. The van der Waals surface area contributed by atoms with Crippen molar-refractivity contribution in [3.05, 3.63) is 29.8 Å². The van der Waals surface area contributed by atoms with Crippen LogP contribution in [0, 0.1) is 0 Å². The van der Waals surface area contributed by atoms with Gasteiger partial charge in [-0.1, -0.05) is 18.2 Å². The number of benzene rings is 1. The van der Waals surface area contributed by atoms with Gasteiger partial charge in [0.1, 0.15) is 0 Å². The molecule has 0 bridgehead atoms. The van der Waals surface area contributed by atoms with Crippen LogP contribution >= 0.6 is 0 Å². The molecule has 0 radical (unpaired) electrons. The molecule has 1 atom stereocenters. The molecule has 6 heteroatoms. The molecule has 1 fully saturated rings. The average molecular weight is 316 g/mol. The molecule has 2 aliphatic heterocycles. The molecule has 0 saturated carbocycles. The minimum atomic E-state index is -0.376. The fraction of sp³-hybridized carbons (Fsp3) is 0.529. The molecule has 1 unspecified atom stereocenters. The SMILES string of the molecule is CNNC(=O)CC1C(=O)N(C2CCN(C)CC2)c2ccccc21. The maximum Gasteiger partial charge on any atom is 0.235 e. The molecule has 124 valence electrons. The Morgan fingerprint density at radius 1 is 1.26 bits per heavy atom. The van der Waals surface area contributed by atoms with E-state index in [-0.39, 0.29) is 30.2 Å². The first kappa shape index (κ1) is 16.0. The number of nitrogens with one attached hydrogen (secondary N) is 2. The quantitative estimate of drug-likeness (QED) is 0.809. The van der Waals surface area contributed by atoms with Gasteiger partial charge in [0, 0.05) is 25.2 Å². The molecular formula is C17H24N4O2. The Morgan fingerprint density at radius 3 is 2.65 bits per heavy atom. The highest BCUT2D eigenvalue weighted by molar-refractivity contribution is 6.07. The fourth-order valence-corrected chi connectivity index (χ4v) is 3.62. The fourth-order valence-electron chi connectivity index (χ4n) is 3.62. The Bertz CT molecular complexity index is 596. The van der Waals surface area contributed by atoms with Crippen LogP contribution in [0.3, 0.4) is 0 Å². The van der Waals surface area contributed by atoms with Gasteiger partial charge in [0.15, 0.2) is 0 Å². The lowest BCUT2D eigenvalue weighted by Gasteiger charge is -2.35. The van der Waals surface area contributed by atoms with E-state index < -0.39 is 0 Å². The summed E-state index contributed by atoms with van der Waals surface area (Å²) in [4.78, 5) is 29.2. The van der Waals surface area contributed by atoms with Gasteiger partial charge < -0.3 is 9.80 Å².